The second-order valence-electron chi connectivity index (χ2n) is 3.95. The molecule has 1 aromatic heterocycles. The van der Waals surface area contributed by atoms with Crippen molar-refractivity contribution in [2.45, 2.75) is 12.5 Å². The minimum Gasteiger partial charge on any atom is -0.309 e. The number of nitrogens with one attached hydrogen (secondary N) is 1. The highest BCUT2D eigenvalue weighted by Gasteiger charge is 2.32. The van der Waals surface area contributed by atoms with Crippen molar-refractivity contribution >= 4 is 17.2 Å². The first-order chi connectivity index (χ1) is 6.83. The third-order valence-corrected chi connectivity index (χ3v) is 3.24. The van der Waals surface area contributed by atoms with E-state index in [1.807, 2.05) is 18.3 Å². The molecule has 1 aromatic rings. The second kappa shape index (κ2) is 3.07. The number of aromatic nitrogens is 1. The van der Waals surface area contributed by atoms with E-state index in [4.69, 9.17) is 11.6 Å². The summed E-state index contributed by atoms with van der Waals surface area (Å²) in [5, 5.41) is 4.05. The molecule has 1 saturated heterocycles. The zero-order chi connectivity index (χ0) is 9.54. The molecule has 1 aliphatic heterocycles. The van der Waals surface area contributed by atoms with Gasteiger partial charge in [0.1, 0.15) is 5.15 Å². The van der Waals surface area contributed by atoms with Crippen LogP contribution in [0.2, 0.25) is 5.15 Å². The maximum Gasteiger partial charge on any atom is 0.129 e. The molecule has 2 heterocycles. The minimum absolute atomic E-state index is 0.544. The first-order valence-electron chi connectivity index (χ1n) is 4.90. The van der Waals surface area contributed by atoms with Crippen LogP contribution in [0.1, 0.15) is 12.0 Å². The molecule has 0 radical (unpaired) electrons. The average Bonchev–Trinajstić information content (AvgIpc) is 2.80. The Morgan fingerprint density at radius 1 is 1.43 bits per heavy atom. The van der Waals surface area contributed by atoms with Gasteiger partial charge in [0.05, 0.1) is 0 Å². The van der Waals surface area contributed by atoms with E-state index in [0.29, 0.717) is 11.2 Å². The van der Waals surface area contributed by atoms with Crippen LogP contribution in [-0.4, -0.2) is 17.6 Å². The normalized spacial score (nSPS) is 29.4. The summed E-state index contributed by atoms with van der Waals surface area (Å²) < 4.78 is 0. The number of hydrogen-bond acceptors (Lipinski definition) is 2. The fraction of sp³-hybridized carbons (Fsp3) is 0.364. The third kappa shape index (κ3) is 1.26. The lowest BCUT2D eigenvalue weighted by molar-refractivity contribution is 0.723. The van der Waals surface area contributed by atoms with Gasteiger partial charge in [0.15, 0.2) is 0 Å². The van der Waals surface area contributed by atoms with E-state index in [0.717, 1.165) is 12.5 Å². The Labute approximate surface area is 88.0 Å². The predicted molar refractivity (Wildman–Crippen MR) is 57.1 cm³/mol. The molecule has 72 valence electrons. The molecule has 0 aromatic carbocycles. The fourth-order valence-electron chi connectivity index (χ4n) is 2.34. The lowest BCUT2D eigenvalue weighted by atomic mass is 10.0. The topological polar surface area (TPSA) is 24.9 Å². The van der Waals surface area contributed by atoms with E-state index in [1.165, 1.54) is 17.6 Å². The third-order valence-electron chi connectivity index (χ3n) is 3.02. The van der Waals surface area contributed by atoms with Crippen LogP contribution in [0.25, 0.3) is 5.57 Å². The van der Waals surface area contributed by atoms with E-state index in [1.54, 1.807) is 0 Å². The lowest BCUT2D eigenvalue weighted by Gasteiger charge is -2.14. The number of pyridine rings is 1. The van der Waals surface area contributed by atoms with Crippen LogP contribution in [0.5, 0.6) is 0 Å². The Bertz CT molecular complexity index is 383. The van der Waals surface area contributed by atoms with Crippen molar-refractivity contribution in [3.05, 3.63) is 35.1 Å². The number of rotatable bonds is 1. The summed E-state index contributed by atoms with van der Waals surface area (Å²) in [5.74, 6) is 0.727. The van der Waals surface area contributed by atoms with Gasteiger partial charge in [-0.15, -0.1) is 0 Å². The van der Waals surface area contributed by atoms with Crippen LogP contribution in [-0.2, 0) is 0 Å². The van der Waals surface area contributed by atoms with Crippen molar-refractivity contribution in [2.24, 2.45) is 5.92 Å². The Hall–Kier alpha value is -0.860. The van der Waals surface area contributed by atoms with Crippen LogP contribution in [0.3, 0.4) is 0 Å². The number of fused-ring (bicyclic) bond motifs is 2. The highest BCUT2D eigenvalue weighted by atomic mass is 35.5. The van der Waals surface area contributed by atoms with Crippen molar-refractivity contribution in [2.75, 3.05) is 6.54 Å². The molecule has 2 aliphatic rings. The van der Waals surface area contributed by atoms with Crippen LogP contribution in [0.4, 0.5) is 0 Å². The molecular formula is C11H11ClN2. The van der Waals surface area contributed by atoms with Crippen LogP contribution in [0, 0.1) is 5.92 Å². The van der Waals surface area contributed by atoms with Gasteiger partial charge in [-0.1, -0.05) is 23.7 Å². The van der Waals surface area contributed by atoms with Crippen molar-refractivity contribution in [3.63, 3.8) is 0 Å². The largest absolute Gasteiger partial charge is 0.309 e. The Kier molecular flexibility index (Phi) is 1.85. The number of nitrogens with zero attached hydrogens (tertiary/aromatic N) is 1. The Morgan fingerprint density at radius 2 is 2.36 bits per heavy atom. The lowest BCUT2D eigenvalue weighted by Crippen LogP contribution is -2.24. The summed E-state index contributed by atoms with van der Waals surface area (Å²) in [4.78, 5) is 4.10. The zero-order valence-electron chi connectivity index (χ0n) is 7.70. The quantitative estimate of drug-likeness (QED) is 0.712. The maximum atomic E-state index is 5.75. The van der Waals surface area contributed by atoms with E-state index < -0.39 is 0 Å². The van der Waals surface area contributed by atoms with Crippen LogP contribution in [0.15, 0.2) is 24.4 Å². The zero-order valence-corrected chi connectivity index (χ0v) is 8.46. The maximum absolute atomic E-state index is 5.75. The molecule has 1 fully saturated rings. The predicted octanol–water partition coefficient (Wildman–Crippen LogP) is 2.11. The molecule has 0 saturated carbocycles. The molecule has 2 unspecified atom stereocenters. The van der Waals surface area contributed by atoms with Gasteiger partial charge in [0.2, 0.25) is 0 Å². The van der Waals surface area contributed by atoms with Crippen molar-refractivity contribution in [3.8, 4) is 0 Å². The van der Waals surface area contributed by atoms with Gasteiger partial charge >= 0.3 is 0 Å². The summed E-state index contributed by atoms with van der Waals surface area (Å²) in [6, 6.07) is 4.44. The van der Waals surface area contributed by atoms with Crippen LogP contribution >= 0.6 is 11.6 Å². The molecule has 2 bridgehead atoms. The summed E-state index contributed by atoms with van der Waals surface area (Å²) >= 11 is 5.75. The van der Waals surface area contributed by atoms with Gasteiger partial charge in [-0.3, -0.25) is 0 Å². The SMILES string of the molecule is Clc1ccc(C2=CC3CNC2C3)cn1. The summed E-state index contributed by atoms with van der Waals surface area (Å²) in [5.41, 5.74) is 2.60. The molecule has 0 spiro atoms. The van der Waals surface area contributed by atoms with Gasteiger partial charge in [-0.05, 0) is 29.5 Å². The Balaban J connectivity index is 1.96. The summed E-state index contributed by atoms with van der Waals surface area (Å²) in [6.45, 7) is 1.13. The first kappa shape index (κ1) is 8.45. The monoisotopic (exact) mass is 206 g/mol. The van der Waals surface area contributed by atoms with Gasteiger partial charge < -0.3 is 5.32 Å². The standard InChI is InChI=1S/C11H11ClN2/c12-11-2-1-8(6-14-11)9-3-7-4-10(9)13-5-7/h1-3,6-7,10,13H,4-5H2. The molecule has 3 heteroatoms. The Morgan fingerprint density at radius 3 is 2.93 bits per heavy atom. The van der Waals surface area contributed by atoms with E-state index in [-0.39, 0.29) is 0 Å². The van der Waals surface area contributed by atoms with Gasteiger partial charge in [-0.2, -0.15) is 0 Å². The van der Waals surface area contributed by atoms with E-state index in [9.17, 15) is 0 Å². The average molecular weight is 207 g/mol. The summed E-state index contributed by atoms with van der Waals surface area (Å²) in [6.07, 6.45) is 5.47. The first-order valence-corrected chi connectivity index (χ1v) is 5.28. The van der Waals surface area contributed by atoms with Crippen molar-refractivity contribution < 1.29 is 0 Å². The highest BCUT2D eigenvalue weighted by Crippen LogP contribution is 2.35. The van der Waals surface area contributed by atoms with Crippen LogP contribution < -0.4 is 5.32 Å². The molecule has 1 aliphatic carbocycles. The van der Waals surface area contributed by atoms with Crippen molar-refractivity contribution in [1.29, 1.82) is 0 Å². The highest BCUT2D eigenvalue weighted by molar-refractivity contribution is 6.29. The number of halogens is 1. The molecule has 0 amide bonds. The fourth-order valence-corrected chi connectivity index (χ4v) is 2.45. The van der Waals surface area contributed by atoms with E-state index >= 15 is 0 Å². The van der Waals surface area contributed by atoms with Gasteiger partial charge in [-0.25, -0.2) is 4.98 Å². The molecular weight excluding hydrogens is 196 g/mol. The van der Waals surface area contributed by atoms with Gasteiger partial charge in [0, 0.05) is 18.8 Å². The smallest absolute Gasteiger partial charge is 0.129 e. The second-order valence-corrected chi connectivity index (χ2v) is 4.34. The van der Waals surface area contributed by atoms with Crippen molar-refractivity contribution in [1.82, 2.24) is 10.3 Å². The van der Waals surface area contributed by atoms with E-state index in [2.05, 4.69) is 16.4 Å². The molecule has 2 nitrogen and oxygen atoms in total. The molecule has 3 rings (SSSR count). The molecule has 14 heavy (non-hydrogen) atoms. The minimum atomic E-state index is 0.544. The summed E-state index contributed by atoms with van der Waals surface area (Å²) in [7, 11) is 0. The molecule has 2 atom stereocenters. The van der Waals surface area contributed by atoms with Gasteiger partial charge in [0.25, 0.3) is 0 Å². The number of hydrogen-bond donors (Lipinski definition) is 1. The molecule has 1 N–H and O–H groups in total.